The van der Waals surface area contributed by atoms with E-state index in [0.717, 1.165) is 29.6 Å². The summed E-state index contributed by atoms with van der Waals surface area (Å²) in [6, 6.07) is 20.4. The van der Waals surface area contributed by atoms with Gasteiger partial charge in [0.05, 0.1) is 6.61 Å². The number of carbonyl (C=O) groups excluding carboxylic acids is 1. The Balaban J connectivity index is 1.92. The summed E-state index contributed by atoms with van der Waals surface area (Å²) in [5.41, 5.74) is 0. The van der Waals surface area contributed by atoms with Crippen LogP contribution in [0.1, 0.15) is 47.0 Å². The van der Waals surface area contributed by atoms with Crippen molar-refractivity contribution in [3.63, 3.8) is 0 Å². The molecule has 2 atom stereocenters. The SMILES string of the molecule is CC1CCCCN1C(=O)C(F)CO[Si](c1ccccc1)(c1ccccc1)C(C)(C)C. The first-order valence-electron chi connectivity index (χ1n) is 11.0. The lowest BCUT2D eigenvalue weighted by atomic mass is 10.0. The molecule has 0 bridgehead atoms. The van der Waals surface area contributed by atoms with Gasteiger partial charge in [-0.15, -0.1) is 0 Å². The summed E-state index contributed by atoms with van der Waals surface area (Å²) >= 11 is 0. The second-order valence-corrected chi connectivity index (χ2v) is 13.6. The fourth-order valence-corrected chi connectivity index (χ4v) is 9.19. The highest BCUT2D eigenvalue weighted by Gasteiger charge is 2.50. The van der Waals surface area contributed by atoms with Crippen LogP contribution in [0.15, 0.2) is 60.7 Å². The van der Waals surface area contributed by atoms with Crippen molar-refractivity contribution in [2.24, 2.45) is 0 Å². The Labute approximate surface area is 181 Å². The van der Waals surface area contributed by atoms with Crippen LogP contribution in [0.25, 0.3) is 0 Å². The smallest absolute Gasteiger partial charge is 0.261 e. The fourth-order valence-electron chi connectivity index (χ4n) is 4.64. The normalized spacial score (nSPS) is 18.8. The Morgan fingerprint density at radius 2 is 1.60 bits per heavy atom. The number of carbonyl (C=O) groups is 1. The predicted octanol–water partition coefficient (Wildman–Crippen LogP) is 4.30. The van der Waals surface area contributed by atoms with Crippen molar-refractivity contribution >= 4 is 24.6 Å². The van der Waals surface area contributed by atoms with Crippen molar-refractivity contribution < 1.29 is 13.6 Å². The Hall–Kier alpha value is -1.98. The molecule has 3 nitrogen and oxygen atoms in total. The third kappa shape index (κ3) is 4.52. The van der Waals surface area contributed by atoms with E-state index in [2.05, 4.69) is 45.0 Å². The molecule has 162 valence electrons. The van der Waals surface area contributed by atoms with Crippen LogP contribution in [0.3, 0.4) is 0 Å². The second-order valence-electron chi connectivity index (χ2n) is 9.32. The van der Waals surface area contributed by atoms with E-state index < -0.39 is 20.4 Å². The Kier molecular flexibility index (Phi) is 7.14. The molecule has 1 aliphatic heterocycles. The number of nitrogens with zero attached hydrogens (tertiary/aromatic N) is 1. The highest BCUT2D eigenvalue weighted by Crippen LogP contribution is 2.37. The maximum absolute atomic E-state index is 15.2. The summed E-state index contributed by atoms with van der Waals surface area (Å²) in [5.74, 6) is -0.430. The molecule has 0 aliphatic carbocycles. The van der Waals surface area contributed by atoms with E-state index in [1.54, 1.807) is 4.90 Å². The molecular formula is C25H34FNO2Si. The van der Waals surface area contributed by atoms with Gasteiger partial charge in [0.25, 0.3) is 14.2 Å². The summed E-state index contributed by atoms with van der Waals surface area (Å²) in [7, 11) is -2.84. The Morgan fingerprint density at radius 3 is 2.07 bits per heavy atom. The molecule has 0 radical (unpaired) electrons. The van der Waals surface area contributed by atoms with Crippen molar-refractivity contribution in [3.8, 4) is 0 Å². The van der Waals surface area contributed by atoms with Crippen molar-refractivity contribution in [2.75, 3.05) is 13.2 Å². The summed E-state index contributed by atoms with van der Waals surface area (Å²) < 4.78 is 21.8. The van der Waals surface area contributed by atoms with Crippen LogP contribution in [0, 0.1) is 0 Å². The summed E-state index contributed by atoms with van der Waals surface area (Å²) in [6.07, 6.45) is 1.33. The number of hydrogen-bond acceptors (Lipinski definition) is 2. The molecule has 2 aromatic carbocycles. The highest BCUT2D eigenvalue weighted by molar-refractivity contribution is 6.99. The Morgan fingerprint density at radius 1 is 1.07 bits per heavy atom. The number of benzene rings is 2. The van der Waals surface area contributed by atoms with Gasteiger partial charge < -0.3 is 9.33 Å². The number of amides is 1. The zero-order valence-corrected chi connectivity index (χ0v) is 19.6. The molecule has 1 fully saturated rings. The molecule has 3 rings (SSSR count). The Bertz CT molecular complexity index is 783. The van der Waals surface area contributed by atoms with Crippen molar-refractivity contribution in [1.29, 1.82) is 0 Å². The minimum atomic E-state index is -2.84. The van der Waals surface area contributed by atoms with Crippen LogP contribution in [0.2, 0.25) is 5.04 Å². The number of halogens is 1. The first-order valence-corrected chi connectivity index (χ1v) is 12.9. The van der Waals surface area contributed by atoms with E-state index in [1.807, 2.05) is 43.3 Å². The van der Waals surface area contributed by atoms with Gasteiger partial charge >= 0.3 is 0 Å². The lowest BCUT2D eigenvalue weighted by Crippen LogP contribution is -2.67. The monoisotopic (exact) mass is 427 g/mol. The van der Waals surface area contributed by atoms with Gasteiger partial charge in [0.15, 0.2) is 0 Å². The zero-order valence-electron chi connectivity index (χ0n) is 18.6. The third-order valence-electron chi connectivity index (χ3n) is 6.22. The van der Waals surface area contributed by atoms with Gasteiger partial charge in [-0.2, -0.15) is 0 Å². The molecule has 0 saturated carbocycles. The average molecular weight is 428 g/mol. The van der Waals surface area contributed by atoms with E-state index in [9.17, 15) is 4.79 Å². The number of rotatable bonds is 6. The summed E-state index contributed by atoms with van der Waals surface area (Å²) in [6.45, 7) is 8.89. The standard InChI is InChI=1S/C25H34FNO2Si/c1-20-13-11-12-18-27(20)24(28)23(26)19-29-30(25(2,3)4,21-14-7-5-8-15-21)22-16-9-6-10-17-22/h5-10,14-17,20,23H,11-13,18-19H2,1-4H3. The lowest BCUT2D eigenvalue weighted by Gasteiger charge is -2.43. The molecule has 0 aromatic heterocycles. The summed E-state index contributed by atoms with van der Waals surface area (Å²) in [5, 5.41) is 1.95. The zero-order chi connectivity index (χ0) is 21.8. The van der Waals surface area contributed by atoms with E-state index in [-0.39, 0.29) is 17.7 Å². The second kappa shape index (κ2) is 9.44. The average Bonchev–Trinajstić information content (AvgIpc) is 2.74. The van der Waals surface area contributed by atoms with Crippen molar-refractivity contribution in [3.05, 3.63) is 60.7 Å². The molecule has 2 aromatic rings. The minimum absolute atomic E-state index is 0.0948. The minimum Gasteiger partial charge on any atom is -0.404 e. The molecule has 1 aliphatic rings. The van der Waals surface area contributed by atoms with E-state index in [1.165, 1.54) is 0 Å². The predicted molar refractivity (Wildman–Crippen MR) is 123 cm³/mol. The van der Waals surface area contributed by atoms with Gasteiger partial charge in [0.1, 0.15) is 0 Å². The largest absolute Gasteiger partial charge is 0.404 e. The van der Waals surface area contributed by atoms with E-state index in [4.69, 9.17) is 4.43 Å². The summed E-state index contributed by atoms with van der Waals surface area (Å²) in [4.78, 5) is 14.5. The fraction of sp³-hybridized carbons (Fsp3) is 0.480. The van der Waals surface area contributed by atoms with E-state index in [0.29, 0.717) is 6.54 Å². The molecule has 1 heterocycles. The van der Waals surface area contributed by atoms with Crippen LogP contribution < -0.4 is 10.4 Å². The van der Waals surface area contributed by atoms with Gasteiger partial charge in [-0.1, -0.05) is 81.4 Å². The number of likely N-dealkylation sites (tertiary alicyclic amines) is 1. The van der Waals surface area contributed by atoms with Crippen LogP contribution in [0.5, 0.6) is 0 Å². The van der Waals surface area contributed by atoms with Crippen LogP contribution >= 0.6 is 0 Å². The molecule has 5 heteroatoms. The van der Waals surface area contributed by atoms with Gasteiger partial charge in [0, 0.05) is 12.6 Å². The van der Waals surface area contributed by atoms with Gasteiger partial charge in [-0.25, -0.2) is 4.39 Å². The van der Waals surface area contributed by atoms with Crippen molar-refractivity contribution in [1.82, 2.24) is 4.90 Å². The molecule has 1 saturated heterocycles. The molecule has 0 spiro atoms. The number of alkyl halides is 1. The molecule has 1 amide bonds. The van der Waals surface area contributed by atoms with Crippen molar-refractivity contribution in [2.45, 2.75) is 64.2 Å². The van der Waals surface area contributed by atoms with Gasteiger partial charge in [-0.3, -0.25) is 4.79 Å². The van der Waals surface area contributed by atoms with E-state index >= 15 is 4.39 Å². The van der Waals surface area contributed by atoms with Crippen LogP contribution in [0.4, 0.5) is 4.39 Å². The molecule has 0 N–H and O–H groups in total. The quantitative estimate of drug-likeness (QED) is 0.643. The molecule has 30 heavy (non-hydrogen) atoms. The van der Waals surface area contributed by atoms with Gasteiger partial charge in [-0.05, 0) is 41.6 Å². The third-order valence-corrected chi connectivity index (χ3v) is 11.2. The molecule has 2 unspecified atom stereocenters. The first kappa shape index (κ1) is 22.7. The maximum atomic E-state index is 15.2. The maximum Gasteiger partial charge on any atom is 0.261 e. The van der Waals surface area contributed by atoms with Gasteiger partial charge in [0.2, 0.25) is 6.17 Å². The lowest BCUT2D eigenvalue weighted by molar-refractivity contribution is -0.141. The number of piperidine rings is 1. The molecular weight excluding hydrogens is 393 g/mol. The first-order chi connectivity index (χ1) is 14.3. The van der Waals surface area contributed by atoms with Crippen LogP contribution in [-0.4, -0.2) is 44.5 Å². The highest BCUT2D eigenvalue weighted by atomic mass is 28.4. The topological polar surface area (TPSA) is 29.5 Å². The number of hydrogen-bond donors (Lipinski definition) is 0. The van der Waals surface area contributed by atoms with Crippen LogP contribution in [-0.2, 0) is 9.22 Å².